The summed E-state index contributed by atoms with van der Waals surface area (Å²) in [6.07, 6.45) is 1.24. The molecule has 0 spiro atoms. The van der Waals surface area contributed by atoms with Gasteiger partial charge in [-0.15, -0.1) is 0 Å². The largest absolute Gasteiger partial charge is 0.481 e. The maximum atomic E-state index is 11.9. The van der Waals surface area contributed by atoms with Crippen molar-refractivity contribution in [3.05, 3.63) is 70.8 Å². The average molecular weight is 541 g/mol. The number of benzene rings is 2. The topological polar surface area (TPSA) is 118 Å². The number of methoxy groups -OCH3 is 1. The lowest BCUT2D eigenvalue weighted by Crippen LogP contribution is -2.46. The smallest absolute Gasteiger partial charge is 0.303 e. The molecule has 0 aliphatic carbocycles. The molecule has 0 bridgehead atoms. The van der Waals surface area contributed by atoms with Gasteiger partial charge in [-0.1, -0.05) is 55.5 Å². The number of likely N-dealkylation sites (tertiary alicyclic amines) is 1. The molecule has 2 aliphatic rings. The fourth-order valence-electron chi connectivity index (χ4n) is 5.38. The highest BCUT2D eigenvalue weighted by Crippen LogP contribution is 2.42. The van der Waals surface area contributed by atoms with Gasteiger partial charge in [-0.25, -0.2) is 0 Å². The molecule has 2 heterocycles. The molecule has 9 nitrogen and oxygen atoms in total. The van der Waals surface area contributed by atoms with E-state index in [2.05, 4.69) is 17.1 Å². The van der Waals surface area contributed by atoms with Crippen LogP contribution in [-0.2, 0) is 37.0 Å². The van der Waals surface area contributed by atoms with E-state index in [1.54, 1.807) is 7.11 Å². The second-order valence-electron chi connectivity index (χ2n) is 10.5. The van der Waals surface area contributed by atoms with E-state index in [1.165, 1.54) is 0 Å². The zero-order valence-electron chi connectivity index (χ0n) is 22.8. The molecule has 2 aliphatic heterocycles. The summed E-state index contributed by atoms with van der Waals surface area (Å²) in [7, 11) is 1.75. The van der Waals surface area contributed by atoms with Crippen LogP contribution in [-0.4, -0.2) is 65.9 Å². The van der Waals surface area contributed by atoms with Gasteiger partial charge < -0.3 is 29.7 Å². The van der Waals surface area contributed by atoms with E-state index in [4.69, 9.17) is 19.3 Å². The first-order valence-electron chi connectivity index (χ1n) is 13.7. The van der Waals surface area contributed by atoms with E-state index in [0.29, 0.717) is 19.2 Å². The molecule has 2 fully saturated rings. The van der Waals surface area contributed by atoms with E-state index >= 15 is 0 Å². The minimum absolute atomic E-state index is 0.00206. The Labute approximate surface area is 230 Å². The minimum Gasteiger partial charge on any atom is -0.481 e. The summed E-state index contributed by atoms with van der Waals surface area (Å²) < 4.78 is 18.6. The molecule has 3 N–H and O–H groups in total. The van der Waals surface area contributed by atoms with Gasteiger partial charge in [0.2, 0.25) is 5.91 Å². The third kappa shape index (κ3) is 7.86. The van der Waals surface area contributed by atoms with Crippen molar-refractivity contribution < 1.29 is 34.0 Å². The third-order valence-electron chi connectivity index (χ3n) is 7.70. The second kappa shape index (κ2) is 14.0. The maximum absolute atomic E-state index is 11.9. The molecule has 0 aromatic heterocycles. The Morgan fingerprint density at radius 1 is 1.03 bits per heavy atom. The van der Waals surface area contributed by atoms with E-state index in [1.807, 2.05) is 48.5 Å². The van der Waals surface area contributed by atoms with Crippen LogP contribution in [0.2, 0.25) is 0 Å². The number of carbonyl (C=O) groups is 2. The summed E-state index contributed by atoms with van der Waals surface area (Å²) in [6.45, 7) is 5.01. The number of rotatable bonds is 12. The van der Waals surface area contributed by atoms with Crippen molar-refractivity contribution >= 4 is 11.9 Å². The van der Waals surface area contributed by atoms with Crippen LogP contribution < -0.4 is 5.32 Å². The molecule has 0 radical (unpaired) electrons. The number of ether oxygens (including phenoxy) is 3. The van der Waals surface area contributed by atoms with Crippen molar-refractivity contribution in [1.29, 1.82) is 0 Å². The summed E-state index contributed by atoms with van der Waals surface area (Å²) in [4.78, 5) is 25.0. The van der Waals surface area contributed by atoms with Crippen LogP contribution in [0.1, 0.15) is 67.3 Å². The summed E-state index contributed by atoms with van der Waals surface area (Å²) in [6, 6.07) is 16.0. The molecule has 2 aromatic carbocycles. The van der Waals surface area contributed by atoms with Gasteiger partial charge >= 0.3 is 5.97 Å². The maximum Gasteiger partial charge on any atom is 0.303 e. The molecule has 9 heteroatoms. The predicted molar refractivity (Wildman–Crippen MR) is 145 cm³/mol. The SMILES string of the molecule is COC[C@@H]1CCCN1C[C@H]1O[C@@H](c2ccc(CNC(=O)CCC(=O)O)cc2)O[C@@H](c2ccc(CO)cc2)[C@H]1C. The zero-order chi connectivity index (χ0) is 27.8. The first-order chi connectivity index (χ1) is 18.9. The Hall–Kier alpha value is -2.82. The van der Waals surface area contributed by atoms with Crippen molar-refractivity contribution in [3.63, 3.8) is 0 Å². The quantitative estimate of drug-likeness (QED) is 0.374. The Balaban J connectivity index is 1.48. The van der Waals surface area contributed by atoms with Gasteiger partial charge in [0.05, 0.1) is 31.8 Å². The molecule has 1 amide bonds. The number of nitrogens with zero attached hydrogens (tertiary/aromatic N) is 1. The van der Waals surface area contributed by atoms with Crippen LogP contribution in [0.25, 0.3) is 0 Å². The number of hydrogen-bond donors (Lipinski definition) is 3. The van der Waals surface area contributed by atoms with Gasteiger partial charge in [0, 0.05) is 44.1 Å². The normalized spacial score (nSPS) is 25.5. The Bertz CT molecular complexity index is 1080. The van der Waals surface area contributed by atoms with Crippen molar-refractivity contribution in [2.24, 2.45) is 5.92 Å². The van der Waals surface area contributed by atoms with Crippen molar-refractivity contribution in [1.82, 2.24) is 10.2 Å². The number of carbonyl (C=O) groups excluding carboxylic acids is 1. The zero-order valence-corrected chi connectivity index (χ0v) is 22.8. The van der Waals surface area contributed by atoms with Crippen LogP contribution in [0.5, 0.6) is 0 Å². The summed E-state index contributed by atoms with van der Waals surface area (Å²) in [5.41, 5.74) is 3.70. The molecular formula is C30H40N2O7. The monoisotopic (exact) mass is 540 g/mol. The van der Waals surface area contributed by atoms with Crippen molar-refractivity contribution in [2.75, 3.05) is 26.8 Å². The van der Waals surface area contributed by atoms with Gasteiger partial charge in [0.15, 0.2) is 6.29 Å². The number of amides is 1. The molecule has 2 saturated heterocycles. The number of hydrogen-bond acceptors (Lipinski definition) is 7. The number of nitrogens with one attached hydrogen (secondary N) is 1. The molecular weight excluding hydrogens is 500 g/mol. The first kappa shape index (κ1) is 29.2. The molecule has 0 unspecified atom stereocenters. The van der Waals surface area contributed by atoms with Crippen LogP contribution in [0.4, 0.5) is 0 Å². The summed E-state index contributed by atoms with van der Waals surface area (Å²) in [5.74, 6) is -1.18. The van der Waals surface area contributed by atoms with Crippen LogP contribution >= 0.6 is 0 Å². The molecule has 5 atom stereocenters. The fourth-order valence-corrected chi connectivity index (χ4v) is 5.38. The predicted octanol–water partition coefficient (Wildman–Crippen LogP) is 3.56. The molecule has 39 heavy (non-hydrogen) atoms. The van der Waals surface area contributed by atoms with Gasteiger partial charge in [-0.3, -0.25) is 14.5 Å². The average Bonchev–Trinajstić information content (AvgIpc) is 3.39. The van der Waals surface area contributed by atoms with Crippen molar-refractivity contribution in [2.45, 2.75) is 70.3 Å². The Morgan fingerprint density at radius 2 is 1.72 bits per heavy atom. The summed E-state index contributed by atoms with van der Waals surface area (Å²) >= 11 is 0. The van der Waals surface area contributed by atoms with Gasteiger partial charge in [0.25, 0.3) is 0 Å². The van der Waals surface area contributed by atoms with Gasteiger partial charge in [-0.2, -0.15) is 0 Å². The van der Waals surface area contributed by atoms with Crippen LogP contribution in [0, 0.1) is 5.92 Å². The van der Waals surface area contributed by atoms with Crippen molar-refractivity contribution in [3.8, 4) is 0 Å². The lowest BCUT2D eigenvalue weighted by Gasteiger charge is -2.43. The molecule has 0 saturated carbocycles. The number of aliphatic carboxylic acids is 1. The Morgan fingerprint density at radius 3 is 2.38 bits per heavy atom. The number of carboxylic acids is 1. The highest BCUT2D eigenvalue weighted by atomic mass is 16.7. The lowest BCUT2D eigenvalue weighted by molar-refractivity contribution is -0.276. The third-order valence-corrected chi connectivity index (χ3v) is 7.70. The van der Waals surface area contributed by atoms with E-state index in [0.717, 1.165) is 48.2 Å². The lowest BCUT2D eigenvalue weighted by atomic mass is 9.90. The van der Waals surface area contributed by atoms with Crippen LogP contribution in [0.15, 0.2) is 48.5 Å². The van der Waals surface area contributed by atoms with E-state index in [9.17, 15) is 14.7 Å². The highest BCUT2D eigenvalue weighted by molar-refractivity contribution is 5.80. The summed E-state index contributed by atoms with van der Waals surface area (Å²) in [5, 5.41) is 21.0. The second-order valence-corrected chi connectivity index (χ2v) is 10.5. The molecule has 4 rings (SSSR count). The number of aliphatic hydroxyl groups excluding tert-OH is 1. The number of carboxylic acid groups (broad SMARTS) is 1. The first-order valence-corrected chi connectivity index (χ1v) is 13.7. The highest BCUT2D eigenvalue weighted by Gasteiger charge is 2.40. The standard InChI is InChI=1S/C30H40N2O7/c1-20-26(17-32-15-3-4-25(32)19-37-2)38-30(39-29(20)23-9-7-22(18-33)8-10-23)24-11-5-21(6-12-24)16-31-27(34)13-14-28(35)36/h5-12,20,25-26,29-30,33H,3-4,13-19H2,1-2H3,(H,31,34)(H,35,36)/t20-,25-,26+,29+,30+/m0/s1. The molecule has 2 aromatic rings. The fraction of sp³-hybridized carbons (Fsp3) is 0.533. The van der Waals surface area contributed by atoms with E-state index < -0.39 is 12.3 Å². The van der Waals surface area contributed by atoms with Crippen LogP contribution in [0.3, 0.4) is 0 Å². The number of aliphatic hydroxyl groups is 1. The van der Waals surface area contributed by atoms with E-state index in [-0.39, 0.29) is 43.5 Å². The minimum atomic E-state index is -0.990. The Kier molecular flexibility index (Phi) is 10.5. The van der Waals surface area contributed by atoms with Gasteiger partial charge in [-0.05, 0) is 36.1 Å². The molecule has 212 valence electrons. The van der Waals surface area contributed by atoms with Gasteiger partial charge in [0.1, 0.15) is 0 Å².